The molecule has 0 bridgehead atoms. The standard InChI is InChI=1S/C12H14FN3O3S/c1-19-12-3-2-10(6-11(12)13)20(17,18)16-5-4-9-7-14-8-15-9/h2-3,6-8,16H,4-5H2,1H3,(H,14,15). The van der Waals surface area contributed by atoms with Crippen LogP contribution in [0.2, 0.25) is 0 Å². The second-order valence-electron chi connectivity index (χ2n) is 4.02. The van der Waals surface area contributed by atoms with Crippen molar-refractivity contribution in [2.75, 3.05) is 13.7 Å². The van der Waals surface area contributed by atoms with Crippen molar-refractivity contribution in [1.29, 1.82) is 0 Å². The molecule has 6 nitrogen and oxygen atoms in total. The Labute approximate surface area is 116 Å². The number of aromatic nitrogens is 2. The molecule has 0 atom stereocenters. The van der Waals surface area contributed by atoms with Gasteiger partial charge in [0.1, 0.15) is 0 Å². The third-order valence-electron chi connectivity index (χ3n) is 2.67. The molecule has 2 aromatic rings. The Kier molecular flexibility index (Phi) is 4.35. The molecule has 0 aliphatic rings. The van der Waals surface area contributed by atoms with E-state index in [1.807, 2.05) is 0 Å². The van der Waals surface area contributed by atoms with Gasteiger partial charge in [-0.2, -0.15) is 0 Å². The quantitative estimate of drug-likeness (QED) is 0.836. The summed E-state index contributed by atoms with van der Waals surface area (Å²) in [4.78, 5) is 6.56. The highest BCUT2D eigenvalue weighted by Gasteiger charge is 2.16. The zero-order chi connectivity index (χ0) is 14.6. The zero-order valence-electron chi connectivity index (χ0n) is 10.8. The van der Waals surface area contributed by atoms with Gasteiger partial charge in [0.2, 0.25) is 10.0 Å². The fourth-order valence-corrected chi connectivity index (χ4v) is 2.68. The number of ether oxygens (including phenoxy) is 1. The lowest BCUT2D eigenvalue weighted by molar-refractivity contribution is 0.385. The molecule has 20 heavy (non-hydrogen) atoms. The van der Waals surface area contributed by atoms with Crippen LogP contribution in [0.4, 0.5) is 4.39 Å². The molecule has 0 radical (unpaired) electrons. The number of hydrogen-bond acceptors (Lipinski definition) is 4. The molecule has 0 amide bonds. The molecule has 0 spiro atoms. The largest absolute Gasteiger partial charge is 0.494 e. The van der Waals surface area contributed by atoms with Crippen molar-refractivity contribution in [3.05, 3.63) is 42.2 Å². The number of nitrogens with zero attached hydrogens (tertiary/aromatic N) is 1. The minimum atomic E-state index is -3.74. The first-order chi connectivity index (χ1) is 9.53. The maximum atomic E-state index is 13.5. The van der Waals surface area contributed by atoms with Gasteiger partial charge in [0.25, 0.3) is 0 Å². The van der Waals surface area contributed by atoms with E-state index in [0.717, 1.165) is 11.8 Å². The van der Waals surface area contributed by atoms with Gasteiger partial charge in [0.15, 0.2) is 11.6 Å². The lowest BCUT2D eigenvalue weighted by Gasteiger charge is -2.08. The maximum Gasteiger partial charge on any atom is 0.240 e. The van der Waals surface area contributed by atoms with Crippen LogP contribution in [0.25, 0.3) is 0 Å². The summed E-state index contributed by atoms with van der Waals surface area (Å²) < 4.78 is 44.6. The molecule has 0 aliphatic carbocycles. The number of H-pyrrole nitrogens is 1. The molecule has 2 rings (SSSR count). The normalized spacial score (nSPS) is 11.5. The highest BCUT2D eigenvalue weighted by atomic mass is 32.2. The Morgan fingerprint density at radius 3 is 2.85 bits per heavy atom. The second-order valence-corrected chi connectivity index (χ2v) is 5.79. The van der Waals surface area contributed by atoms with Crippen LogP contribution in [0.1, 0.15) is 5.69 Å². The third kappa shape index (κ3) is 3.34. The van der Waals surface area contributed by atoms with Crippen molar-refractivity contribution in [3.8, 4) is 5.75 Å². The number of nitrogens with one attached hydrogen (secondary N) is 2. The molecule has 1 heterocycles. The monoisotopic (exact) mass is 299 g/mol. The minimum absolute atomic E-state index is 0.00131. The van der Waals surface area contributed by atoms with E-state index in [1.165, 1.54) is 25.6 Å². The van der Waals surface area contributed by atoms with Gasteiger partial charge in [-0.1, -0.05) is 0 Å². The number of rotatable bonds is 6. The van der Waals surface area contributed by atoms with E-state index in [9.17, 15) is 12.8 Å². The highest BCUT2D eigenvalue weighted by Crippen LogP contribution is 2.20. The lowest BCUT2D eigenvalue weighted by atomic mass is 10.3. The van der Waals surface area contributed by atoms with Crippen LogP contribution in [0, 0.1) is 5.82 Å². The average molecular weight is 299 g/mol. The average Bonchev–Trinajstić information content (AvgIpc) is 2.91. The number of halogens is 1. The molecule has 0 fully saturated rings. The predicted octanol–water partition coefficient (Wildman–Crippen LogP) is 1.08. The van der Waals surface area contributed by atoms with Crippen molar-refractivity contribution >= 4 is 10.0 Å². The first-order valence-corrected chi connectivity index (χ1v) is 7.31. The summed E-state index contributed by atoms with van der Waals surface area (Å²) in [6.07, 6.45) is 3.60. The molecule has 2 N–H and O–H groups in total. The summed E-state index contributed by atoms with van der Waals surface area (Å²) in [6, 6.07) is 3.50. The summed E-state index contributed by atoms with van der Waals surface area (Å²) in [5.41, 5.74) is 0.814. The van der Waals surface area contributed by atoms with Crippen molar-refractivity contribution in [3.63, 3.8) is 0 Å². The van der Waals surface area contributed by atoms with E-state index in [-0.39, 0.29) is 17.2 Å². The van der Waals surface area contributed by atoms with E-state index < -0.39 is 15.8 Å². The topological polar surface area (TPSA) is 84.1 Å². The molecular weight excluding hydrogens is 285 g/mol. The Morgan fingerprint density at radius 1 is 1.45 bits per heavy atom. The van der Waals surface area contributed by atoms with Crippen molar-refractivity contribution in [2.24, 2.45) is 0 Å². The smallest absolute Gasteiger partial charge is 0.240 e. The number of imidazole rings is 1. The maximum absolute atomic E-state index is 13.5. The van der Waals surface area contributed by atoms with Crippen molar-refractivity contribution in [2.45, 2.75) is 11.3 Å². The first kappa shape index (κ1) is 14.5. The van der Waals surface area contributed by atoms with Gasteiger partial charge in [0, 0.05) is 24.9 Å². The SMILES string of the molecule is COc1ccc(S(=O)(=O)NCCc2cnc[nH]2)cc1F. The number of aromatic amines is 1. The van der Waals surface area contributed by atoms with E-state index in [2.05, 4.69) is 14.7 Å². The Bertz CT molecular complexity index is 671. The molecule has 1 aromatic carbocycles. The fraction of sp³-hybridized carbons (Fsp3) is 0.250. The van der Waals surface area contributed by atoms with Crippen LogP contribution in [0.3, 0.4) is 0 Å². The van der Waals surface area contributed by atoms with Gasteiger partial charge >= 0.3 is 0 Å². The van der Waals surface area contributed by atoms with Crippen LogP contribution < -0.4 is 9.46 Å². The molecule has 108 valence electrons. The van der Waals surface area contributed by atoms with E-state index >= 15 is 0 Å². The molecule has 8 heteroatoms. The van der Waals surface area contributed by atoms with Crippen LogP contribution in [-0.4, -0.2) is 32.0 Å². The van der Waals surface area contributed by atoms with E-state index in [0.29, 0.717) is 6.42 Å². The number of methoxy groups -OCH3 is 1. The van der Waals surface area contributed by atoms with Crippen molar-refractivity contribution < 1.29 is 17.5 Å². The van der Waals surface area contributed by atoms with Gasteiger partial charge in [-0.3, -0.25) is 0 Å². The molecule has 0 saturated carbocycles. The van der Waals surface area contributed by atoms with Crippen LogP contribution in [-0.2, 0) is 16.4 Å². The summed E-state index contributed by atoms with van der Waals surface area (Å²) >= 11 is 0. The van der Waals surface area contributed by atoms with E-state index in [1.54, 1.807) is 6.20 Å². The van der Waals surface area contributed by atoms with Crippen LogP contribution in [0.15, 0.2) is 35.6 Å². The molecule has 0 saturated heterocycles. The summed E-state index contributed by atoms with van der Waals surface area (Å²) in [5.74, 6) is -0.717. The number of hydrogen-bond donors (Lipinski definition) is 2. The van der Waals surface area contributed by atoms with Crippen LogP contribution >= 0.6 is 0 Å². The Morgan fingerprint density at radius 2 is 2.25 bits per heavy atom. The lowest BCUT2D eigenvalue weighted by Crippen LogP contribution is -2.26. The van der Waals surface area contributed by atoms with Gasteiger partial charge in [-0.15, -0.1) is 0 Å². The van der Waals surface area contributed by atoms with E-state index in [4.69, 9.17) is 4.74 Å². The molecular formula is C12H14FN3O3S. The number of benzene rings is 1. The molecule has 0 unspecified atom stereocenters. The van der Waals surface area contributed by atoms with Gasteiger partial charge in [0.05, 0.1) is 18.3 Å². The Hall–Kier alpha value is -1.93. The Balaban J connectivity index is 2.04. The fourth-order valence-electron chi connectivity index (χ4n) is 1.64. The minimum Gasteiger partial charge on any atom is -0.494 e. The molecule has 0 aliphatic heterocycles. The summed E-state index contributed by atoms with van der Waals surface area (Å²) in [7, 11) is -2.43. The summed E-state index contributed by atoms with van der Waals surface area (Å²) in [5, 5.41) is 0. The highest BCUT2D eigenvalue weighted by molar-refractivity contribution is 7.89. The molecule has 1 aromatic heterocycles. The third-order valence-corrected chi connectivity index (χ3v) is 4.13. The zero-order valence-corrected chi connectivity index (χ0v) is 11.6. The number of sulfonamides is 1. The van der Waals surface area contributed by atoms with Gasteiger partial charge < -0.3 is 9.72 Å². The summed E-state index contributed by atoms with van der Waals surface area (Å²) in [6.45, 7) is 0.193. The van der Waals surface area contributed by atoms with Crippen molar-refractivity contribution in [1.82, 2.24) is 14.7 Å². The predicted molar refractivity (Wildman–Crippen MR) is 70.4 cm³/mol. The van der Waals surface area contributed by atoms with Gasteiger partial charge in [-0.25, -0.2) is 22.5 Å². The second kappa shape index (κ2) is 6.02. The first-order valence-electron chi connectivity index (χ1n) is 5.83. The van der Waals surface area contributed by atoms with Gasteiger partial charge in [-0.05, 0) is 18.2 Å². The van der Waals surface area contributed by atoms with Crippen LogP contribution in [0.5, 0.6) is 5.75 Å².